The van der Waals surface area contributed by atoms with E-state index in [1.54, 1.807) is 0 Å². The van der Waals surface area contributed by atoms with E-state index in [9.17, 15) is 4.79 Å². The van der Waals surface area contributed by atoms with Gasteiger partial charge in [0.25, 0.3) is 0 Å². The standard InChI is InChI=1S/C15H28BrNO2/c1-15(2,3)19-14(18)17-11-7-9-13(12-17)8-5-4-6-10-16/h13H,4-12H2,1-3H3. The first-order valence-corrected chi connectivity index (χ1v) is 8.58. The van der Waals surface area contributed by atoms with Crippen LogP contribution in [0.1, 0.15) is 59.3 Å². The van der Waals surface area contributed by atoms with Crippen molar-refractivity contribution in [2.24, 2.45) is 5.92 Å². The van der Waals surface area contributed by atoms with Gasteiger partial charge in [-0.3, -0.25) is 0 Å². The van der Waals surface area contributed by atoms with E-state index in [0.29, 0.717) is 5.92 Å². The van der Waals surface area contributed by atoms with Gasteiger partial charge in [-0.25, -0.2) is 4.79 Å². The molecule has 0 aliphatic carbocycles. The van der Waals surface area contributed by atoms with Crippen molar-refractivity contribution in [3.63, 3.8) is 0 Å². The number of carbonyl (C=O) groups is 1. The molecule has 0 bridgehead atoms. The smallest absolute Gasteiger partial charge is 0.410 e. The molecule has 4 heteroatoms. The highest BCUT2D eigenvalue weighted by molar-refractivity contribution is 9.09. The lowest BCUT2D eigenvalue weighted by Crippen LogP contribution is -2.42. The molecule has 1 fully saturated rings. The van der Waals surface area contributed by atoms with Gasteiger partial charge in [-0.15, -0.1) is 0 Å². The van der Waals surface area contributed by atoms with Crippen LogP contribution in [-0.4, -0.2) is 35.0 Å². The van der Waals surface area contributed by atoms with Crippen molar-refractivity contribution in [1.82, 2.24) is 4.90 Å². The van der Waals surface area contributed by atoms with E-state index in [4.69, 9.17) is 4.74 Å². The molecule has 0 N–H and O–H groups in total. The molecule has 0 aromatic heterocycles. The Hall–Kier alpha value is -0.250. The number of carbonyl (C=O) groups excluding carboxylic acids is 1. The van der Waals surface area contributed by atoms with Gasteiger partial charge in [0, 0.05) is 18.4 Å². The largest absolute Gasteiger partial charge is 0.444 e. The number of unbranched alkanes of at least 4 members (excludes halogenated alkanes) is 2. The molecular formula is C15H28BrNO2. The van der Waals surface area contributed by atoms with E-state index >= 15 is 0 Å². The van der Waals surface area contributed by atoms with Gasteiger partial charge in [0.1, 0.15) is 5.60 Å². The molecule has 1 aliphatic rings. The number of alkyl halides is 1. The van der Waals surface area contributed by atoms with E-state index in [2.05, 4.69) is 15.9 Å². The van der Waals surface area contributed by atoms with Crippen molar-refractivity contribution in [3.05, 3.63) is 0 Å². The van der Waals surface area contributed by atoms with Crippen molar-refractivity contribution >= 4 is 22.0 Å². The lowest BCUT2D eigenvalue weighted by molar-refractivity contribution is 0.0160. The maximum absolute atomic E-state index is 12.0. The molecule has 1 heterocycles. The number of hydrogen-bond donors (Lipinski definition) is 0. The Balaban J connectivity index is 2.31. The molecule has 1 rings (SSSR count). The van der Waals surface area contributed by atoms with Gasteiger partial charge in [-0.1, -0.05) is 28.8 Å². The first kappa shape index (κ1) is 16.8. The molecule has 19 heavy (non-hydrogen) atoms. The van der Waals surface area contributed by atoms with Crippen molar-refractivity contribution in [3.8, 4) is 0 Å². The molecule has 1 amide bonds. The van der Waals surface area contributed by atoms with Gasteiger partial charge >= 0.3 is 6.09 Å². The zero-order valence-corrected chi connectivity index (χ0v) is 14.2. The maximum atomic E-state index is 12.0. The number of likely N-dealkylation sites (tertiary alicyclic amines) is 1. The summed E-state index contributed by atoms with van der Waals surface area (Å²) in [4.78, 5) is 13.9. The first-order valence-electron chi connectivity index (χ1n) is 7.46. The van der Waals surface area contributed by atoms with Crippen LogP contribution in [0, 0.1) is 5.92 Å². The summed E-state index contributed by atoms with van der Waals surface area (Å²) in [6.45, 7) is 7.50. The van der Waals surface area contributed by atoms with Gasteiger partial charge < -0.3 is 9.64 Å². The van der Waals surface area contributed by atoms with Crippen LogP contribution in [0.15, 0.2) is 0 Å². The highest BCUT2D eigenvalue weighted by Gasteiger charge is 2.27. The van der Waals surface area contributed by atoms with Gasteiger partial charge in [0.15, 0.2) is 0 Å². The molecule has 0 radical (unpaired) electrons. The zero-order valence-electron chi connectivity index (χ0n) is 12.6. The fourth-order valence-electron chi connectivity index (χ4n) is 2.50. The molecule has 0 saturated carbocycles. The van der Waals surface area contributed by atoms with E-state index in [0.717, 1.165) is 24.8 Å². The van der Waals surface area contributed by atoms with Crippen LogP contribution in [0.5, 0.6) is 0 Å². The third-order valence-corrected chi connectivity index (χ3v) is 3.98. The van der Waals surface area contributed by atoms with E-state index in [1.165, 1.54) is 32.1 Å². The lowest BCUT2D eigenvalue weighted by Gasteiger charge is -2.34. The summed E-state index contributed by atoms with van der Waals surface area (Å²) in [5.74, 6) is 0.664. The predicted octanol–water partition coefficient (Wildman–Crippen LogP) is 4.59. The minimum Gasteiger partial charge on any atom is -0.444 e. The van der Waals surface area contributed by atoms with Crippen molar-refractivity contribution in [1.29, 1.82) is 0 Å². The SMILES string of the molecule is CC(C)(C)OC(=O)N1CCCC(CCCCCBr)C1. The molecule has 0 aromatic rings. The third-order valence-electron chi connectivity index (χ3n) is 3.42. The monoisotopic (exact) mass is 333 g/mol. The summed E-state index contributed by atoms with van der Waals surface area (Å²) in [6.07, 6.45) is 7.29. The topological polar surface area (TPSA) is 29.5 Å². The molecule has 0 aromatic carbocycles. The molecule has 1 aliphatic heterocycles. The van der Waals surface area contributed by atoms with Crippen molar-refractivity contribution < 1.29 is 9.53 Å². The van der Waals surface area contributed by atoms with Crippen LogP contribution in [0.4, 0.5) is 4.79 Å². The summed E-state index contributed by atoms with van der Waals surface area (Å²) in [7, 11) is 0. The Morgan fingerprint density at radius 3 is 2.68 bits per heavy atom. The molecule has 1 saturated heterocycles. The summed E-state index contributed by atoms with van der Waals surface area (Å²) >= 11 is 3.46. The molecule has 3 nitrogen and oxygen atoms in total. The number of ether oxygens (including phenoxy) is 1. The molecule has 1 unspecified atom stereocenters. The van der Waals surface area contributed by atoms with Crippen molar-refractivity contribution in [2.45, 2.75) is 64.9 Å². The lowest BCUT2D eigenvalue weighted by atomic mass is 9.93. The van der Waals surface area contributed by atoms with Crippen LogP contribution in [-0.2, 0) is 4.74 Å². The fourth-order valence-corrected chi connectivity index (χ4v) is 2.89. The quantitative estimate of drug-likeness (QED) is 0.544. The highest BCUT2D eigenvalue weighted by Crippen LogP contribution is 2.23. The second kappa shape index (κ2) is 8.13. The van der Waals surface area contributed by atoms with Gasteiger partial charge in [-0.05, 0) is 52.4 Å². The number of amides is 1. The Bertz CT molecular complexity index is 276. The number of nitrogens with zero attached hydrogens (tertiary/aromatic N) is 1. The van der Waals surface area contributed by atoms with Gasteiger partial charge in [0.05, 0.1) is 0 Å². The van der Waals surface area contributed by atoms with Crippen LogP contribution in [0.3, 0.4) is 0 Å². The average Bonchev–Trinajstić information content (AvgIpc) is 2.33. The molecule has 112 valence electrons. The predicted molar refractivity (Wildman–Crippen MR) is 82.8 cm³/mol. The highest BCUT2D eigenvalue weighted by atomic mass is 79.9. The van der Waals surface area contributed by atoms with Gasteiger partial charge in [0.2, 0.25) is 0 Å². The second-order valence-corrected chi connectivity index (χ2v) is 7.27. The first-order chi connectivity index (χ1) is 8.92. The van der Waals surface area contributed by atoms with Crippen LogP contribution in [0.25, 0.3) is 0 Å². The van der Waals surface area contributed by atoms with E-state index in [-0.39, 0.29) is 11.7 Å². The molecule has 0 spiro atoms. The Morgan fingerprint density at radius 2 is 2.05 bits per heavy atom. The Labute approximate surface area is 126 Å². The minimum atomic E-state index is -0.389. The Morgan fingerprint density at radius 1 is 1.32 bits per heavy atom. The zero-order chi connectivity index (χ0) is 14.3. The van der Waals surface area contributed by atoms with Crippen LogP contribution >= 0.6 is 15.9 Å². The third kappa shape index (κ3) is 7.19. The Kier molecular flexibility index (Phi) is 7.19. The second-order valence-electron chi connectivity index (χ2n) is 6.47. The number of hydrogen-bond acceptors (Lipinski definition) is 2. The average molecular weight is 334 g/mol. The summed E-state index contributed by atoms with van der Waals surface area (Å²) in [5, 5.41) is 1.10. The maximum Gasteiger partial charge on any atom is 0.410 e. The van der Waals surface area contributed by atoms with E-state index in [1.807, 2.05) is 25.7 Å². The minimum absolute atomic E-state index is 0.141. The van der Waals surface area contributed by atoms with E-state index < -0.39 is 0 Å². The van der Waals surface area contributed by atoms with Crippen molar-refractivity contribution in [2.75, 3.05) is 18.4 Å². The summed E-state index contributed by atoms with van der Waals surface area (Å²) in [5.41, 5.74) is -0.389. The summed E-state index contributed by atoms with van der Waals surface area (Å²) in [6, 6.07) is 0. The number of piperidine rings is 1. The van der Waals surface area contributed by atoms with Crippen LogP contribution < -0.4 is 0 Å². The molecule has 1 atom stereocenters. The fraction of sp³-hybridized carbons (Fsp3) is 0.933. The van der Waals surface area contributed by atoms with Gasteiger partial charge in [-0.2, -0.15) is 0 Å². The summed E-state index contributed by atoms with van der Waals surface area (Å²) < 4.78 is 5.45. The number of rotatable bonds is 5. The number of halogens is 1. The normalized spacial score (nSPS) is 20.4. The van der Waals surface area contributed by atoms with Crippen LogP contribution in [0.2, 0.25) is 0 Å². The molecular weight excluding hydrogens is 306 g/mol.